The summed E-state index contributed by atoms with van der Waals surface area (Å²) in [6.07, 6.45) is 2.22. The van der Waals surface area contributed by atoms with Gasteiger partial charge in [-0.05, 0) is 64.1 Å². The van der Waals surface area contributed by atoms with Gasteiger partial charge in [0.1, 0.15) is 17.2 Å². The van der Waals surface area contributed by atoms with Gasteiger partial charge in [0.15, 0.2) is 5.82 Å². The summed E-state index contributed by atoms with van der Waals surface area (Å²) in [5.41, 5.74) is 7.67. The van der Waals surface area contributed by atoms with Gasteiger partial charge >= 0.3 is 0 Å². The second kappa shape index (κ2) is 14.7. The molecule has 5 aromatic carbocycles. The molecule has 7 rings (SSSR count). The Balaban J connectivity index is 1.31. The van der Waals surface area contributed by atoms with Crippen molar-refractivity contribution in [3.63, 3.8) is 0 Å². The molecule has 0 amide bonds. The highest BCUT2D eigenvalue weighted by Crippen LogP contribution is 2.43. The lowest BCUT2D eigenvalue weighted by Crippen LogP contribution is -2.39. The predicted octanol–water partition coefficient (Wildman–Crippen LogP) is 9.06. The van der Waals surface area contributed by atoms with E-state index in [1.165, 1.54) is 5.56 Å². The number of rotatable bonds is 12. The van der Waals surface area contributed by atoms with Crippen molar-refractivity contribution in [3.8, 4) is 22.5 Å². The summed E-state index contributed by atoms with van der Waals surface area (Å²) in [6.45, 7) is 7.92. The van der Waals surface area contributed by atoms with Gasteiger partial charge in [0.25, 0.3) is 0 Å². The van der Waals surface area contributed by atoms with Crippen molar-refractivity contribution >= 4 is 5.82 Å². The van der Waals surface area contributed by atoms with Gasteiger partial charge in [0.2, 0.25) is 0 Å². The third kappa shape index (κ3) is 6.42. The van der Waals surface area contributed by atoms with Crippen LogP contribution in [0.2, 0.25) is 0 Å². The molecule has 2 heterocycles. The third-order valence-corrected chi connectivity index (χ3v) is 9.23. The van der Waals surface area contributed by atoms with Crippen LogP contribution in [0.3, 0.4) is 0 Å². The maximum Gasteiger partial charge on any atom is 0.184 e. The van der Waals surface area contributed by atoms with Gasteiger partial charge in [-0.25, -0.2) is 14.6 Å². The first-order valence-corrected chi connectivity index (χ1v) is 17.3. The Morgan fingerprint density at radius 3 is 1.76 bits per heavy atom. The molecule has 2 aromatic heterocycles. The molecule has 0 spiro atoms. The van der Waals surface area contributed by atoms with E-state index in [9.17, 15) is 0 Å². The molecule has 0 saturated heterocycles. The Hall–Kier alpha value is -5.95. The Morgan fingerprint density at radius 1 is 0.640 bits per heavy atom. The summed E-state index contributed by atoms with van der Waals surface area (Å²) in [5.74, 6) is 2.46. The highest BCUT2D eigenvalue weighted by atomic mass is 15.6. The first-order chi connectivity index (χ1) is 24.6. The van der Waals surface area contributed by atoms with Crippen molar-refractivity contribution in [1.82, 2.24) is 30.2 Å². The van der Waals surface area contributed by atoms with Crippen molar-refractivity contribution in [2.45, 2.75) is 45.7 Å². The molecule has 0 aliphatic heterocycles. The first-order valence-electron chi connectivity index (χ1n) is 17.3. The van der Waals surface area contributed by atoms with Crippen LogP contribution in [0, 0.1) is 13.8 Å². The maximum atomic E-state index is 4.78. The van der Waals surface area contributed by atoms with Crippen LogP contribution in [0.1, 0.15) is 53.5 Å². The molecule has 0 fully saturated rings. The zero-order valence-corrected chi connectivity index (χ0v) is 28.8. The van der Waals surface area contributed by atoms with Crippen molar-refractivity contribution in [1.29, 1.82) is 0 Å². The molecule has 248 valence electrons. The lowest BCUT2D eigenvalue weighted by Gasteiger charge is -2.36. The summed E-state index contributed by atoms with van der Waals surface area (Å²) in [5, 5.41) is 13.8. The standard InChI is InChI=1S/C43H41N7/c1-4-5-29-49(41-30-32(2)44-33(3)45-41)31-34-25-27-35(28-26-34)39-23-15-16-24-40(39)42-46-47-48-50(42)43(36-17-9-6-10-18-36,37-19-11-7-12-20-37)38-21-13-8-14-22-38/h6-28,30H,4-5,29,31H2,1-3H3. The predicted molar refractivity (Wildman–Crippen MR) is 201 cm³/mol. The number of aromatic nitrogens is 6. The average Bonchev–Trinajstić information content (AvgIpc) is 3.65. The minimum absolute atomic E-state index is 0.682. The van der Waals surface area contributed by atoms with Crippen LogP contribution in [-0.2, 0) is 12.1 Å². The molecule has 0 radical (unpaired) electrons. The minimum Gasteiger partial charge on any atom is -0.352 e. The number of benzene rings is 5. The molecule has 7 nitrogen and oxygen atoms in total. The normalized spacial score (nSPS) is 11.4. The topological polar surface area (TPSA) is 72.6 Å². The van der Waals surface area contributed by atoms with Gasteiger partial charge in [-0.2, -0.15) is 0 Å². The molecule has 0 aliphatic carbocycles. The zero-order chi connectivity index (χ0) is 34.3. The quantitative estimate of drug-likeness (QED) is 0.122. The van der Waals surface area contributed by atoms with Gasteiger partial charge in [-0.3, -0.25) is 0 Å². The number of hydrogen-bond acceptors (Lipinski definition) is 6. The molecule has 7 aromatic rings. The summed E-state index contributed by atoms with van der Waals surface area (Å²) in [7, 11) is 0. The summed E-state index contributed by atoms with van der Waals surface area (Å²) >= 11 is 0. The fourth-order valence-electron chi connectivity index (χ4n) is 6.91. The first kappa shape index (κ1) is 32.6. The maximum absolute atomic E-state index is 4.78. The fourth-order valence-corrected chi connectivity index (χ4v) is 6.91. The van der Waals surface area contributed by atoms with Gasteiger partial charge in [-0.1, -0.05) is 153 Å². The van der Waals surface area contributed by atoms with E-state index in [0.717, 1.165) is 76.6 Å². The van der Waals surface area contributed by atoms with Crippen molar-refractivity contribution in [2.24, 2.45) is 0 Å². The molecule has 0 unspecified atom stereocenters. The molecule has 0 bridgehead atoms. The van der Waals surface area contributed by atoms with Crippen LogP contribution in [0.4, 0.5) is 5.82 Å². The summed E-state index contributed by atoms with van der Waals surface area (Å²) < 4.78 is 2.00. The molecular formula is C43H41N7. The van der Waals surface area contributed by atoms with Crippen LogP contribution < -0.4 is 4.90 Å². The highest BCUT2D eigenvalue weighted by Gasteiger charge is 2.42. The second-order valence-electron chi connectivity index (χ2n) is 12.7. The number of unbranched alkanes of at least 4 members (excludes halogenated alkanes) is 1. The van der Waals surface area contributed by atoms with Gasteiger partial charge in [-0.15, -0.1) is 5.10 Å². The van der Waals surface area contributed by atoms with Gasteiger partial charge < -0.3 is 4.90 Å². The van der Waals surface area contributed by atoms with E-state index in [0.29, 0.717) is 5.82 Å². The highest BCUT2D eigenvalue weighted by molar-refractivity contribution is 5.81. The van der Waals surface area contributed by atoms with Crippen LogP contribution in [0.5, 0.6) is 0 Å². The van der Waals surface area contributed by atoms with E-state index in [-0.39, 0.29) is 0 Å². The van der Waals surface area contributed by atoms with Gasteiger partial charge in [0, 0.05) is 30.4 Å². The van der Waals surface area contributed by atoms with E-state index in [1.807, 2.05) is 36.7 Å². The number of aryl methyl sites for hydroxylation is 2. The average molecular weight is 656 g/mol. The largest absolute Gasteiger partial charge is 0.352 e. The lowest BCUT2D eigenvalue weighted by molar-refractivity contribution is 0.451. The Kier molecular flexibility index (Phi) is 9.56. The Labute approximate surface area is 294 Å². The van der Waals surface area contributed by atoms with Crippen molar-refractivity contribution in [2.75, 3.05) is 11.4 Å². The van der Waals surface area contributed by atoms with Crippen LogP contribution in [-0.4, -0.2) is 36.7 Å². The molecule has 0 aliphatic rings. The van der Waals surface area contributed by atoms with E-state index in [2.05, 4.69) is 149 Å². The van der Waals surface area contributed by atoms with Crippen molar-refractivity contribution < 1.29 is 0 Å². The van der Waals surface area contributed by atoms with E-state index in [1.54, 1.807) is 0 Å². The molecular weight excluding hydrogens is 615 g/mol. The van der Waals surface area contributed by atoms with Crippen LogP contribution in [0.15, 0.2) is 146 Å². The molecule has 0 atom stereocenters. The molecule has 50 heavy (non-hydrogen) atoms. The number of anilines is 1. The molecule has 7 heteroatoms. The zero-order valence-electron chi connectivity index (χ0n) is 28.8. The minimum atomic E-state index is -0.834. The van der Waals surface area contributed by atoms with E-state index in [4.69, 9.17) is 15.3 Å². The number of tetrazole rings is 1. The second-order valence-corrected chi connectivity index (χ2v) is 12.7. The Morgan fingerprint density at radius 2 is 1.20 bits per heavy atom. The molecule has 0 saturated carbocycles. The van der Waals surface area contributed by atoms with E-state index < -0.39 is 5.54 Å². The third-order valence-electron chi connectivity index (χ3n) is 9.23. The van der Waals surface area contributed by atoms with Crippen molar-refractivity contribution in [3.05, 3.63) is 179 Å². The van der Waals surface area contributed by atoms with Gasteiger partial charge in [0.05, 0.1) is 0 Å². The number of hydrogen-bond donors (Lipinski definition) is 0. The Bertz CT molecular complexity index is 2030. The smallest absolute Gasteiger partial charge is 0.184 e. The lowest BCUT2D eigenvalue weighted by atomic mass is 9.77. The number of nitrogens with zero attached hydrogens (tertiary/aromatic N) is 7. The SMILES string of the molecule is CCCCN(Cc1ccc(-c2ccccc2-c2nnnn2C(c2ccccc2)(c2ccccc2)c2ccccc2)cc1)c1cc(C)nc(C)n1. The monoisotopic (exact) mass is 655 g/mol. The fraction of sp³-hybridized carbons (Fsp3) is 0.186. The van der Waals surface area contributed by atoms with Crippen LogP contribution >= 0.6 is 0 Å². The van der Waals surface area contributed by atoms with Crippen LogP contribution in [0.25, 0.3) is 22.5 Å². The summed E-state index contributed by atoms with van der Waals surface area (Å²) in [6, 6.07) is 50.8. The molecule has 0 N–H and O–H groups in total. The van der Waals surface area contributed by atoms with E-state index >= 15 is 0 Å². The summed E-state index contributed by atoms with van der Waals surface area (Å²) in [4.78, 5) is 11.6.